The molecule has 0 aliphatic heterocycles. The van der Waals surface area contributed by atoms with Crippen LogP contribution in [0.2, 0.25) is 0 Å². The maximum atomic E-state index is 13.9. The summed E-state index contributed by atoms with van der Waals surface area (Å²) < 4.78 is 12.2. The van der Waals surface area contributed by atoms with E-state index in [1.165, 1.54) is 6.07 Å². The molecular weight excluding hydrogens is 779 g/mol. The molecule has 0 saturated carbocycles. The highest BCUT2D eigenvalue weighted by Crippen LogP contribution is 2.31. The van der Waals surface area contributed by atoms with Crippen molar-refractivity contribution in [3.63, 3.8) is 0 Å². The van der Waals surface area contributed by atoms with Gasteiger partial charge in [0.1, 0.15) is 24.1 Å². The van der Waals surface area contributed by atoms with E-state index in [-0.39, 0.29) is 24.4 Å². The summed E-state index contributed by atoms with van der Waals surface area (Å²) in [5.74, 6) is -1.94. The summed E-state index contributed by atoms with van der Waals surface area (Å²) in [6.45, 7) is 4.84. The molecule has 6 aromatic carbocycles. The molecule has 320 valence electrons. The number of aromatic hydroxyl groups is 1. The number of ether oxygens (including phenoxy) is 2. The number of hydrogen-bond acceptors (Lipinski definition) is 10. The normalized spacial score (nSPS) is 14.5. The zero-order chi connectivity index (χ0) is 44.0. The first-order valence-corrected chi connectivity index (χ1v) is 20.8. The summed E-state index contributed by atoms with van der Waals surface area (Å²) in [6.07, 6.45) is -0.712. The topological polar surface area (TPSA) is 132 Å². The van der Waals surface area contributed by atoms with Gasteiger partial charge < -0.3 is 24.8 Å². The highest BCUT2D eigenvalue weighted by atomic mass is 16.6. The van der Waals surface area contributed by atoms with Crippen molar-refractivity contribution in [3.8, 4) is 5.75 Å². The molecule has 0 aliphatic rings. The number of aliphatic hydroxyl groups is 2. The van der Waals surface area contributed by atoms with Crippen LogP contribution in [-0.2, 0) is 22.6 Å². The molecule has 0 bridgehead atoms. The Balaban J connectivity index is 1.15. The fourth-order valence-corrected chi connectivity index (χ4v) is 7.14. The Morgan fingerprint density at radius 1 is 0.581 bits per heavy atom. The number of aliphatic hydroxyl groups excluding tert-OH is 2. The lowest BCUT2D eigenvalue weighted by atomic mass is 9.96. The summed E-state index contributed by atoms with van der Waals surface area (Å²) in [6, 6.07) is 48.9. The molecular formula is C52H55N3O7. The predicted octanol–water partition coefficient (Wildman–Crippen LogP) is 9.27. The second-order valence-electron chi connectivity index (χ2n) is 15.7. The van der Waals surface area contributed by atoms with Gasteiger partial charge in [0.15, 0.2) is 0 Å². The lowest BCUT2D eigenvalue weighted by Crippen LogP contribution is -2.33. The van der Waals surface area contributed by atoms with Crippen LogP contribution in [0.4, 0.5) is 5.69 Å². The monoisotopic (exact) mass is 833 g/mol. The first-order valence-electron chi connectivity index (χ1n) is 20.8. The summed E-state index contributed by atoms with van der Waals surface area (Å²) in [7, 11) is 3.89. The molecule has 0 fully saturated rings. The predicted molar refractivity (Wildman–Crippen MR) is 242 cm³/mol. The molecule has 0 spiro atoms. The van der Waals surface area contributed by atoms with Crippen molar-refractivity contribution in [2.24, 2.45) is 10.9 Å². The van der Waals surface area contributed by atoms with Gasteiger partial charge in [-0.3, -0.25) is 14.8 Å². The molecule has 6 atom stereocenters. The van der Waals surface area contributed by atoms with Gasteiger partial charge in [-0.15, -0.1) is 0 Å². The van der Waals surface area contributed by atoms with Gasteiger partial charge in [-0.05, 0) is 92.2 Å². The SMILES string of the molecule is C[C@@H]([C@H](O)c1ccccc1)N(C)Cc1ccc(C(=O)OC[C@H](C=Nc2ccccc2O)[C@@H](OC(=O)c2ccc(CN(C)[C@@H](C)[C@H](O)c3ccccc3)cc2)c2ccccc2)cc1. The molecule has 3 N–H and O–H groups in total. The number of para-hydroxylation sites is 2. The molecule has 6 rings (SSSR count). The molecule has 6 aromatic rings. The summed E-state index contributed by atoms with van der Waals surface area (Å²) >= 11 is 0. The minimum atomic E-state index is -0.927. The average Bonchev–Trinajstić information content (AvgIpc) is 3.31. The standard InChI is InChI=1S/C52H55N3O7/c1-36(48(57)40-16-8-5-9-17-40)54(3)33-38-24-28-43(29-25-38)51(59)61-35-45(32-53-46-22-14-15-23-47(46)56)50(42-20-12-7-13-21-42)62-52(60)44-30-26-39(27-31-44)34-55(4)37(2)49(58)41-18-10-6-11-19-41/h5-32,36-37,45,48-50,56-58H,33-35H2,1-4H3/t36-,37-,45-,48-,49-,50-/m0/s1. The Hall–Kier alpha value is -6.43. The number of benzene rings is 6. The van der Waals surface area contributed by atoms with E-state index in [0.29, 0.717) is 35.5 Å². The minimum absolute atomic E-state index is 0.0304. The van der Waals surface area contributed by atoms with Crippen molar-refractivity contribution in [1.29, 1.82) is 0 Å². The number of esters is 2. The van der Waals surface area contributed by atoms with E-state index >= 15 is 0 Å². The highest BCUT2D eigenvalue weighted by Gasteiger charge is 2.29. The summed E-state index contributed by atoms with van der Waals surface area (Å²) in [5, 5.41) is 32.4. The van der Waals surface area contributed by atoms with Crippen LogP contribution in [-0.4, -0.2) is 76.1 Å². The number of rotatable bonds is 19. The Bertz CT molecular complexity index is 2340. The first-order chi connectivity index (χ1) is 30.0. The van der Waals surface area contributed by atoms with E-state index < -0.39 is 36.2 Å². The van der Waals surface area contributed by atoms with Gasteiger partial charge >= 0.3 is 11.9 Å². The van der Waals surface area contributed by atoms with Gasteiger partial charge in [0.25, 0.3) is 0 Å². The molecule has 0 saturated heterocycles. The second-order valence-corrected chi connectivity index (χ2v) is 15.7. The van der Waals surface area contributed by atoms with Crippen LogP contribution < -0.4 is 0 Å². The highest BCUT2D eigenvalue weighted by molar-refractivity contribution is 5.90. The third kappa shape index (κ3) is 12.1. The fraction of sp³-hybridized carbons (Fsp3) is 0.250. The van der Waals surface area contributed by atoms with Crippen LogP contribution in [0.5, 0.6) is 5.75 Å². The fourth-order valence-electron chi connectivity index (χ4n) is 7.14. The third-order valence-electron chi connectivity index (χ3n) is 11.3. The molecule has 62 heavy (non-hydrogen) atoms. The maximum Gasteiger partial charge on any atom is 0.338 e. The van der Waals surface area contributed by atoms with Crippen molar-refractivity contribution in [1.82, 2.24) is 9.80 Å². The smallest absolute Gasteiger partial charge is 0.338 e. The summed E-state index contributed by atoms with van der Waals surface area (Å²) in [5.41, 5.74) is 5.24. The largest absolute Gasteiger partial charge is 0.506 e. The zero-order valence-electron chi connectivity index (χ0n) is 35.6. The Kier molecular flexibility index (Phi) is 15.9. The summed E-state index contributed by atoms with van der Waals surface area (Å²) in [4.78, 5) is 36.1. The second kappa shape index (κ2) is 21.9. The number of carbonyl (C=O) groups is 2. The van der Waals surface area contributed by atoms with E-state index in [1.807, 2.05) is 143 Å². The first kappa shape index (κ1) is 45.1. The van der Waals surface area contributed by atoms with Gasteiger partial charge in [0.2, 0.25) is 0 Å². The molecule has 0 aliphatic carbocycles. The van der Waals surface area contributed by atoms with E-state index in [9.17, 15) is 24.9 Å². The van der Waals surface area contributed by atoms with Crippen LogP contribution in [0.15, 0.2) is 169 Å². The molecule has 10 heteroatoms. The maximum absolute atomic E-state index is 13.9. The van der Waals surface area contributed by atoms with Crippen LogP contribution in [0, 0.1) is 5.92 Å². The van der Waals surface area contributed by atoms with Gasteiger partial charge in [0.05, 0.1) is 29.3 Å². The number of phenolic OH excluding ortho intramolecular Hbond substituents is 1. The Morgan fingerprint density at radius 3 is 1.47 bits per heavy atom. The number of aliphatic imine (C=N–C) groups is 1. The van der Waals surface area contributed by atoms with Gasteiger partial charge in [-0.25, -0.2) is 9.59 Å². The lowest BCUT2D eigenvalue weighted by molar-refractivity contribution is 0.00823. The number of likely N-dealkylation sites (N-methyl/N-ethyl adjacent to an activating group) is 2. The van der Waals surface area contributed by atoms with Gasteiger partial charge in [-0.2, -0.15) is 0 Å². The van der Waals surface area contributed by atoms with Crippen molar-refractivity contribution in [2.45, 2.75) is 57.3 Å². The molecule has 0 amide bonds. The Morgan fingerprint density at radius 2 is 1.00 bits per heavy atom. The van der Waals surface area contributed by atoms with Crippen LogP contribution in [0.1, 0.15) is 80.7 Å². The lowest BCUT2D eigenvalue weighted by Gasteiger charge is -2.29. The van der Waals surface area contributed by atoms with Crippen LogP contribution in [0.3, 0.4) is 0 Å². The van der Waals surface area contributed by atoms with Crippen LogP contribution in [0.25, 0.3) is 0 Å². The minimum Gasteiger partial charge on any atom is -0.506 e. The van der Waals surface area contributed by atoms with E-state index in [1.54, 1.807) is 48.7 Å². The molecule has 0 radical (unpaired) electrons. The third-order valence-corrected chi connectivity index (χ3v) is 11.3. The molecule has 0 unspecified atom stereocenters. The van der Waals surface area contributed by atoms with Crippen molar-refractivity contribution in [3.05, 3.63) is 203 Å². The quantitative estimate of drug-likeness (QED) is 0.0540. The van der Waals surface area contributed by atoms with Gasteiger partial charge in [-0.1, -0.05) is 127 Å². The molecule has 0 heterocycles. The number of phenols is 1. The number of nitrogens with zero attached hydrogens (tertiary/aromatic N) is 3. The van der Waals surface area contributed by atoms with E-state index in [2.05, 4.69) is 14.8 Å². The Labute approximate surface area is 364 Å². The average molecular weight is 834 g/mol. The van der Waals surface area contributed by atoms with E-state index in [4.69, 9.17) is 9.47 Å². The van der Waals surface area contributed by atoms with E-state index in [0.717, 1.165) is 22.3 Å². The van der Waals surface area contributed by atoms with Crippen molar-refractivity contribution in [2.75, 3.05) is 20.7 Å². The van der Waals surface area contributed by atoms with Crippen LogP contribution >= 0.6 is 0 Å². The molecule has 10 nitrogen and oxygen atoms in total. The van der Waals surface area contributed by atoms with Crippen molar-refractivity contribution >= 4 is 23.8 Å². The number of carbonyl (C=O) groups excluding carboxylic acids is 2. The van der Waals surface area contributed by atoms with Gasteiger partial charge in [0, 0.05) is 31.4 Å². The van der Waals surface area contributed by atoms with Crippen molar-refractivity contribution < 1.29 is 34.4 Å². The molecule has 0 aromatic heterocycles. The number of hydrogen-bond donors (Lipinski definition) is 3. The zero-order valence-corrected chi connectivity index (χ0v) is 35.6.